The smallest absolute Gasteiger partial charge is 0.242 e. The molecule has 0 bridgehead atoms. The molecule has 0 radical (unpaired) electrons. The molecule has 2 aromatic rings. The number of hydrogen-bond donors (Lipinski definition) is 1. The van der Waals surface area contributed by atoms with Crippen LogP contribution in [0.5, 0.6) is 11.5 Å². The molecule has 1 aliphatic heterocycles. The number of carbonyl (C=O) groups excluding carboxylic acids is 2. The van der Waals surface area contributed by atoms with Gasteiger partial charge in [0.05, 0.1) is 0 Å². The number of unbranched alkanes of at least 4 members (excludes halogenated alkanes) is 1. The maximum atomic E-state index is 13.3. The standard InChI is InChI=1S/C25H30Cl2N2O4/c1-3-4-11-28-25(31)17(2)29(16-19-7-8-20(26)15-21(19)27)24(30)10-6-18-5-9-22-23(14-18)33-13-12-32-22/h5,7-9,14-15,17H,3-4,6,10-13,16H2,1-2H3,(H,28,31). The summed E-state index contributed by atoms with van der Waals surface area (Å²) < 4.78 is 11.2. The molecule has 1 atom stereocenters. The van der Waals surface area contributed by atoms with Gasteiger partial charge < -0.3 is 19.7 Å². The van der Waals surface area contributed by atoms with Crippen molar-refractivity contribution in [1.82, 2.24) is 10.2 Å². The highest BCUT2D eigenvalue weighted by Crippen LogP contribution is 2.31. The highest BCUT2D eigenvalue weighted by Gasteiger charge is 2.26. The minimum absolute atomic E-state index is 0.131. The second-order valence-electron chi connectivity index (χ2n) is 8.06. The van der Waals surface area contributed by atoms with Gasteiger partial charge in [-0.25, -0.2) is 0 Å². The second-order valence-corrected chi connectivity index (χ2v) is 8.90. The Hall–Kier alpha value is -2.44. The van der Waals surface area contributed by atoms with Crippen molar-refractivity contribution in [2.75, 3.05) is 19.8 Å². The number of nitrogens with zero attached hydrogens (tertiary/aromatic N) is 1. The quantitative estimate of drug-likeness (QED) is 0.472. The van der Waals surface area contributed by atoms with Gasteiger partial charge >= 0.3 is 0 Å². The van der Waals surface area contributed by atoms with Gasteiger partial charge in [0.25, 0.3) is 0 Å². The number of hydrogen-bond acceptors (Lipinski definition) is 4. The maximum absolute atomic E-state index is 13.3. The molecule has 0 aromatic heterocycles. The summed E-state index contributed by atoms with van der Waals surface area (Å²) in [6.45, 7) is 5.65. The summed E-state index contributed by atoms with van der Waals surface area (Å²) in [5, 5.41) is 3.90. The van der Waals surface area contributed by atoms with E-state index in [0.717, 1.165) is 24.0 Å². The zero-order valence-corrected chi connectivity index (χ0v) is 20.5. The van der Waals surface area contributed by atoms with Gasteiger partial charge in [0.1, 0.15) is 19.3 Å². The Morgan fingerprint density at radius 3 is 2.58 bits per heavy atom. The van der Waals surface area contributed by atoms with Crippen LogP contribution in [0.1, 0.15) is 44.2 Å². The predicted molar refractivity (Wildman–Crippen MR) is 130 cm³/mol. The molecule has 0 aliphatic carbocycles. The first kappa shape index (κ1) is 25.2. The number of fused-ring (bicyclic) bond motifs is 1. The van der Waals surface area contributed by atoms with Gasteiger partial charge in [-0.3, -0.25) is 9.59 Å². The van der Waals surface area contributed by atoms with E-state index < -0.39 is 6.04 Å². The van der Waals surface area contributed by atoms with Crippen LogP contribution in [-0.4, -0.2) is 42.5 Å². The van der Waals surface area contributed by atoms with E-state index in [1.807, 2.05) is 18.2 Å². The van der Waals surface area contributed by atoms with Crippen molar-refractivity contribution in [3.8, 4) is 11.5 Å². The summed E-state index contributed by atoms with van der Waals surface area (Å²) in [5.41, 5.74) is 1.71. The Kier molecular flexibility index (Phi) is 9.27. The summed E-state index contributed by atoms with van der Waals surface area (Å²) in [4.78, 5) is 27.6. The van der Waals surface area contributed by atoms with E-state index in [9.17, 15) is 9.59 Å². The van der Waals surface area contributed by atoms with E-state index in [4.69, 9.17) is 32.7 Å². The molecule has 2 amide bonds. The zero-order chi connectivity index (χ0) is 23.8. The third kappa shape index (κ3) is 7.02. The van der Waals surface area contributed by atoms with Crippen molar-refractivity contribution in [2.24, 2.45) is 0 Å². The lowest BCUT2D eigenvalue weighted by Crippen LogP contribution is -2.47. The van der Waals surface area contributed by atoms with Crippen molar-refractivity contribution in [3.63, 3.8) is 0 Å². The summed E-state index contributed by atoms with van der Waals surface area (Å²) in [7, 11) is 0. The maximum Gasteiger partial charge on any atom is 0.242 e. The highest BCUT2D eigenvalue weighted by atomic mass is 35.5. The van der Waals surface area contributed by atoms with E-state index in [1.54, 1.807) is 30.0 Å². The lowest BCUT2D eigenvalue weighted by atomic mass is 10.1. The molecular formula is C25H30Cl2N2O4. The van der Waals surface area contributed by atoms with E-state index in [-0.39, 0.29) is 24.8 Å². The lowest BCUT2D eigenvalue weighted by molar-refractivity contribution is -0.140. The molecule has 1 N–H and O–H groups in total. The van der Waals surface area contributed by atoms with Crippen LogP contribution >= 0.6 is 23.2 Å². The predicted octanol–water partition coefficient (Wildman–Crippen LogP) is 5.03. The lowest BCUT2D eigenvalue weighted by Gasteiger charge is -2.29. The first-order valence-electron chi connectivity index (χ1n) is 11.3. The Balaban J connectivity index is 1.72. The van der Waals surface area contributed by atoms with Gasteiger partial charge in [-0.2, -0.15) is 0 Å². The largest absolute Gasteiger partial charge is 0.486 e. The molecular weight excluding hydrogens is 463 g/mol. The first-order valence-corrected chi connectivity index (χ1v) is 12.0. The van der Waals surface area contributed by atoms with Crippen molar-refractivity contribution >= 4 is 35.0 Å². The van der Waals surface area contributed by atoms with Crippen molar-refractivity contribution < 1.29 is 19.1 Å². The Morgan fingerprint density at radius 1 is 1.09 bits per heavy atom. The fraction of sp³-hybridized carbons (Fsp3) is 0.440. The first-order chi connectivity index (χ1) is 15.9. The molecule has 3 rings (SSSR count). The second kappa shape index (κ2) is 12.1. The summed E-state index contributed by atoms with van der Waals surface area (Å²) in [5.74, 6) is 1.10. The zero-order valence-electron chi connectivity index (χ0n) is 19.0. The summed E-state index contributed by atoms with van der Waals surface area (Å²) >= 11 is 12.4. The average Bonchev–Trinajstić information content (AvgIpc) is 2.81. The fourth-order valence-corrected chi connectivity index (χ4v) is 4.06. The number of aryl methyl sites for hydroxylation is 1. The molecule has 0 saturated carbocycles. The molecule has 33 heavy (non-hydrogen) atoms. The number of nitrogens with one attached hydrogen (secondary N) is 1. The Bertz CT molecular complexity index is 983. The molecule has 0 saturated heterocycles. The van der Waals surface area contributed by atoms with Crippen LogP contribution in [0.3, 0.4) is 0 Å². The molecule has 8 heteroatoms. The molecule has 1 unspecified atom stereocenters. The molecule has 178 valence electrons. The van der Waals surface area contributed by atoms with Gasteiger partial charge in [0.15, 0.2) is 11.5 Å². The monoisotopic (exact) mass is 492 g/mol. The van der Waals surface area contributed by atoms with Gasteiger partial charge in [-0.1, -0.05) is 48.7 Å². The minimum atomic E-state index is -0.638. The number of halogens is 2. The number of rotatable bonds is 10. The molecule has 6 nitrogen and oxygen atoms in total. The molecule has 0 fully saturated rings. The Morgan fingerprint density at radius 2 is 1.85 bits per heavy atom. The van der Waals surface area contributed by atoms with E-state index in [1.165, 1.54) is 0 Å². The summed E-state index contributed by atoms with van der Waals surface area (Å²) in [6, 6.07) is 10.2. The number of benzene rings is 2. The van der Waals surface area contributed by atoms with Crippen LogP contribution in [0, 0.1) is 0 Å². The van der Waals surface area contributed by atoms with Crippen LogP contribution in [0.4, 0.5) is 0 Å². The Labute approximate surface area is 205 Å². The van der Waals surface area contributed by atoms with E-state index >= 15 is 0 Å². The molecule has 2 aromatic carbocycles. The fourth-order valence-electron chi connectivity index (χ4n) is 3.59. The normalized spacial score (nSPS) is 13.3. The number of amides is 2. The van der Waals surface area contributed by atoms with Crippen LogP contribution in [0.2, 0.25) is 10.0 Å². The third-order valence-corrected chi connectivity index (χ3v) is 6.17. The van der Waals surface area contributed by atoms with Crippen molar-refractivity contribution in [3.05, 3.63) is 57.6 Å². The van der Waals surface area contributed by atoms with Gasteiger partial charge in [-0.05, 0) is 55.2 Å². The van der Waals surface area contributed by atoms with E-state index in [0.29, 0.717) is 47.7 Å². The minimum Gasteiger partial charge on any atom is -0.486 e. The molecule has 0 spiro atoms. The van der Waals surface area contributed by atoms with Crippen LogP contribution in [0.15, 0.2) is 36.4 Å². The van der Waals surface area contributed by atoms with Crippen LogP contribution < -0.4 is 14.8 Å². The van der Waals surface area contributed by atoms with Gasteiger partial charge in [0.2, 0.25) is 11.8 Å². The highest BCUT2D eigenvalue weighted by molar-refractivity contribution is 6.35. The molecule has 1 aliphatic rings. The van der Waals surface area contributed by atoms with Crippen molar-refractivity contribution in [2.45, 2.75) is 52.1 Å². The van der Waals surface area contributed by atoms with Crippen molar-refractivity contribution in [1.29, 1.82) is 0 Å². The van der Waals surface area contributed by atoms with Gasteiger partial charge in [0, 0.05) is 29.6 Å². The number of ether oxygens (including phenoxy) is 2. The molecule has 1 heterocycles. The topological polar surface area (TPSA) is 67.9 Å². The van der Waals surface area contributed by atoms with E-state index in [2.05, 4.69) is 12.2 Å². The number of carbonyl (C=O) groups is 2. The average molecular weight is 493 g/mol. The van der Waals surface area contributed by atoms with Crippen LogP contribution in [0.25, 0.3) is 0 Å². The summed E-state index contributed by atoms with van der Waals surface area (Å²) in [6.07, 6.45) is 2.63. The third-order valence-electron chi connectivity index (χ3n) is 5.59. The van der Waals surface area contributed by atoms with Gasteiger partial charge in [-0.15, -0.1) is 0 Å². The SMILES string of the molecule is CCCCNC(=O)C(C)N(Cc1ccc(Cl)cc1Cl)C(=O)CCc1ccc2c(c1)OCCO2. The van der Waals surface area contributed by atoms with Crippen LogP contribution in [-0.2, 0) is 22.6 Å².